The molecule has 0 unspecified atom stereocenters. The zero-order valence-electron chi connectivity index (χ0n) is 15.4. The lowest BCUT2D eigenvalue weighted by Gasteiger charge is -2.12. The van der Waals surface area contributed by atoms with E-state index in [1.54, 1.807) is 36.0 Å². The molecule has 9 heteroatoms. The van der Waals surface area contributed by atoms with Crippen LogP contribution in [0.4, 0.5) is 19.0 Å². The van der Waals surface area contributed by atoms with Gasteiger partial charge in [0.25, 0.3) is 5.91 Å². The molecule has 1 amide bonds. The molecule has 1 heterocycles. The summed E-state index contributed by atoms with van der Waals surface area (Å²) in [5.74, 6) is -0.604. The smallest absolute Gasteiger partial charge is 0.387 e. The van der Waals surface area contributed by atoms with Crippen LogP contribution in [0.5, 0.6) is 11.5 Å². The van der Waals surface area contributed by atoms with Crippen LogP contribution in [0.15, 0.2) is 54.7 Å². The average molecular weight is 405 g/mol. The van der Waals surface area contributed by atoms with Crippen LogP contribution in [0.3, 0.4) is 0 Å². The van der Waals surface area contributed by atoms with Crippen molar-refractivity contribution in [3.63, 3.8) is 0 Å². The Morgan fingerprint density at radius 1 is 1.14 bits per heavy atom. The summed E-state index contributed by atoms with van der Waals surface area (Å²) in [7, 11) is 0. The number of alkyl halides is 2. The van der Waals surface area contributed by atoms with Crippen LogP contribution in [0.1, 0.15) is 22.8 Å². The van der Waals surface area contributed by atoms with Gasteiger partial charge in [-0.25, -0.2) is 4.39 Å². The molecule has 0 fully saturated rings. The zero-order chi connectivity index (χ0) is 20.8. The molecule has 0 spiro atoms. The molecule has 3 rings (SSSR count). The first-order valence-corrected chi connectivity index (χ1v) is 8.75. The van der Waals surface area contributed by atoms with Crippen LogP contribution in [-0.2, 0) is 6.54 Å². The van der Waals surface area contributed by atoms with E-state index in [4.69, 9.17) is 4.74 Å². The quantitative estimate of drug-likeness (QED) is 0.606. The number of amides is 1. The van der Waals surface area contributed by atoms with Crippen LogP contribution in [-0.4, -0.2) is 28.9 Å². The van der Waals surface area contributed by atoms with Crippen LogP contribution in [0, 0.1) is 5.82 Å². The summed E-state index contributed by atoms with van der Waals surface area (Å²) < 4.78 is 49.2. The molecule has 1 N–H and O–H groups in total. The molecule has 1 aromatic heterocycles. The highest BCUT2D eigenvalue weighted by Crippen LogP contribution is 2.30. The minimum Gasteiger partial charge on any atom is -0.490 e. The number of carbonyl (C=O) groups is 1. The Bertz CT molecular complexity index is 975. The second-order valence-corrected chi connectivity index (χ2v) is 5.95. The largest absolute Gasteiger partial charge is 0.490 e. The molecule has 0 bridgehead atoms. The van der Waals surface area contributed by atoms with Gasteiger partial charge in [0.05, 0.1) is 13.2 Å². The number of hydrogen-bond donors (Lipinski definition) is 1. The van der Waals surface area contributed by atoms with Crippen molar-refractivity contribution >= 4 is 11.7 Å². The van der Waals surface area contributed by atoms with Crippen molar-refractivity contribution < 1.29 is 27.4 Å². The molecule has 29 heavy (non-hydrogen) atoms. The molecule has 0 saturated heterocycles. The van der Waals surface area contributed by atoms with Crippen molar-refractivity contribution in [1.29, 1.82) is 0 Å². The third kappa shape index (κ3) is 5.50. The number of anilines is 1. The van der Waals surface area contributed by atoms with Gasteiger partial charge in [-0.2, -0.15) is 13.9 Å². The number of ether oxygens (including phenoxy) is 2. The fourth-order valence-electron chi connectivity index (χ4n) is 2.59. The van der Waals surface area contributed by atoms with Crippen LogP contribution in [0.2, 0.25) is 0 Å². The summed E-state index contributed by atoms with van der Waals surface area (Å²) in [6, 6.07) is 11.5. The van der Waals surface area contributed by atoms with Gasteiger partial charge in [-0.1, -0.05) is 12.1 Å². The predicted octanol–water partition coefficient (Wildman–Crippen LogP) is 4.32. The lowest BCUT2D eigenvalue weighted by molar-refractivity contribution is -0.0514. The molecule has 152 valence electrons. The number of nitrogens with one attached hydrogen (secondary N) is 1. The normalized spacial score (nSPS) is 10.8. The minimum absolute atomic E-state index is 0.0438. The summed E-state index contributed by atoms with van der Waals surface area (Å²) in [5, 5.41) is 6.87. The second-order valence-electron chi connectivity index (χ2n) is 5.95. The highest BCUT2D eigenvalue weighted by molar-refractivity contribution is 6.04. The molecule has 0 aliphatic rings. The van der Waals surface area contributed by atoms with Crippen molar-refractivity contribution in [2.45, 2.75) is 20.1 Å². The number of hydrogen-bond acceptors (Lipinski definition) is 4. The number of halogens is 3. The Balaban J connectivity index is 1.69. The van der Waals surface area contributed by atoms with Crippen molar-refractivity contribution in [2.24, 2.45) is 0 Å². The standard InChI is InChI=1S/C20H18F3N3O3/c1-2-28-17-11-14(5-8-16(17)29-20(22)23)19(27)24-18-9-10-26(25-18)12-13-3-6-15(21)7-4-13/h3-11,20H,2,12H2,1H3,(H,24,25,27). The first kappa shape index (κ1) is 20.2. The van der Waals surface area contributed by atoms with E-state index in [1.165, 1.54) is 30.3 Å². The third-order valence-corrected chi connectivity index (χ3v) is 3.86. The van der Waals surface area contributed by atoms with E-state index in [0.29, 0.717) is 12.4 Å². The van der Waals surface area contributed by atoms with Gasteiger partial charge in [0.15, 0.2) is 17.3 Å². The van der Waals surface area contributed by atoms with E-state index < -0.39 is 12.5 Å². The lowest BCUT2D eigenvalue weighted by atomic mass is 10.2. The predicted molar refractivity (Wildman–Crippen MR) is 99.9 cm³/mol. The Morgan fingerprint density at radius 2 is 1.90 bits per heavy atom. The number of aromatic nitrogens is 2. The number of rotatable bonds is 8. The topological polar surface area (TPSA) is 65.4 Å². The molecule has 0 aliphatic heterocycles. The molecular weight excluding hydrogens is 387 g/mol. The first-order chi connectivity index (χ1) is 13.9. The van der Waals surface area contributed by atoms with Gasteiger partial charge in [-0.15, -0.1) is 0 Å². The summed E-state index contributed by atoms with van der Waals surface area (Å²) in [6.07, 6.45) is 1.67. The van der Waals surface area contributed by atoms with Gasteiger partial charge >= 0.3 is 6.61 Å². The second kappa shape index (κ2) is 9.13. The molecule has 3 aromatic rings. The first-order valence-electron chi connectivity index (χ1n) is 8.75. The van der Waals surface area contributed by atoms with E-state index in [-0.39, 0.29) is 29.5 Å². The van der Waals surface area contributed by atoms with Gasteiger partial charge in [0, 0.05) is 17.8 Å². The van der Waals surface area contributed by atoms with E-state index in [1.807, 2.05) is 0 Å². The van der Waals surface area contributed by atoms with Crippen molar-refractivity contribution in [2.75, 3.05) is 11.9 Å². The summed E-state index contributed by atoms with van der Waals surface area (Å²) >= 11 is 0. The lowest BCUT2D eigenvalue weighted by Crippen LogP contribution is -2.13. The van der Waals surface area contributed by atoms with Gasteiger partial charge in [0.1, 0.15) is 5.82 Å². The monoisotopic (exact) mass is 405 g/mol. The maximum Gasteiger partial charge on any atom is 0.387 e. The van der Waals surface area contributed by atoms with Gasteiger partial charge in [-0.3, -0.25) is 9.48 Å². The maximum absolute atomic E-state index is 13.0. The number of carbonyl (C=O) groups excluding carboxylic acids is 1. The van der Waals surface area contributed by atoms with E-state index in [0.717, 1.165) is 5.56 Å². The molecule has 2 aromatic carbocycles. The summed E-state index contributed by atoms with van der Waals surface area (Å²) in [6.45, 7) is -0.686. The molecule has 0 radical (unpaired) electrons. The number of benzene rings is 2. The van der Waals surface area contributed by atoms with Crippen molar-refractivity contribution in [3.8, 4) is 11.5 Å². The van der Waals surface area contributed by atoms with Crippen LogP contribution >= 0.6 is 0 Å². The number of nitrogens with zero attached hydrogens (tertiary/aromatic N) is 2. The Hall–Kier alpha value is -3.49. The van der Waals surface area contributed by atoms with Crippen LogP contribution < -0.4 is 14.8 Å². The molecule has 0 atom stereocenters. The maximum atomic E-state index is 13.0. The summed E-state index contributed by atoms with van der Waals surface area (Å²) in [5.41, 5.74) is 1.05. The van der Waals surface area contributed by atoms with Crippen molar-refractivity contribution in [1.82, 2.24) is 9.78 Å². The third-order valence-electron chi connectivity index (χ3n) is 3.86. The SMILES string of the molecule is CCOc1cc(C(=O)Nc2ccn(Cc3ccc(F)cc3)n2)ccc1OC(F)F. The van der Waals surface area contributed by atoms with Gasteiger partial charge in [-0.05, 0) is 42.8 Å². The highest BCUT2D eigenvalue weighted by Gasteiger charge is 2.15. The Kier molecular flexibility index (Phi) is 6.38. The average Bonchev–Trinajstić information content (AvgIpc) is 3.11. The molecule has 6 nitrogen and oxygen atoms in total. The fraction of sp³-hybridized carbons (Fsp3) is 0.200. The molecule has 0 saturated carbocycles. The Morgan fingerprint density at radius 3 is 2.59 bits per heavy atom. The van der Waals surface area contributed by atoms with E-state index in [2.05, 4.69) is 15.2 Å². The van der Waals surface area contributed by atoms with Gasteiger partial charge < -0.3 is 14.8 Å². The van der Waals surface area contributed by atoms with Crippen molar-refractivity contribution in [3.05, 3.63) is 71.7 Å². The zero-order valence-corrected chi connectivity index (χ0v) is 15.4. The van der Waals surface area contributed by atoms with Crippen LogP contribution in [0.25, 0.3) is 0 Å². The Labute approximate surface area is 164 Å². The molecule has 0 aliphatic carbocycles. The van der Waals surface area contributed by atoms with E-state index in [9.17, 15) is 18.0 Å². The van der Waals surface area contributed by atoms with E-state index >= 15 is 0 Å². The molecular formula is C20H18F3N3O3. The highest BCUT2D eigenvalue weighted by atomic mass is 19.3. The van der Waals surface area contributed by atoms with Gasteiger partial charge in [0.2, 0.25) is 0 Å². The fourth-order valence-corrected chi connectivity index (χ4v) is 2.59. The summed E-state index contributed by atoms with van der Waals surface area (Å²) in [4.78, 5) is 12.5. The minimum atomic E-state index is -3.00.